The lowest BCUT2D eigenvalue weighted by Gasteiger charge is -2.24. The van der Waals surface area contributed by atoms with Crippen molar-refractivity contribution in [3.63, 3.8) is 0 Å². The van der Waals surface area contributed by atoms with Gasteiger partial charge in [-0.25, -0.2) is 4.79 Å². The van der Waals surface area contributed by atoms with Gasteiger partial charge in [0.15, 0.2) is 0 Å². The Morgan fingerprint density at radius 3 is 1.22 bits per heavy atom. The Bertz CT molecular complexity index is 1330. The van der Waals surface area contributed by atoms with Crippen molar-refractivity contribution in [1.29, 1.82) is 0 Å². The third kappa shape index (κ3) is 50.7. The van der Waals surface area contributed by atoms with Crippen molar-refractivity contribution in [2.45, 2.75) is 285 Å². The second-order valence-electron chi connectivity index (χ2n) is 20.5. The number of hydrogen-bond donors (Lipinski definition) is 0. The lowest BCUT2D eigenvalue weighted by molar-refractivity contribution is -0.148. The van der Waals surface area contributed by atoms with Crippen molar-refractivity contribution in [1.82, 2.24) is 9.80 Å². The maximum Gasteiger partial charge on any atom is 0.508 e. The maximum atomic E-state index is 13.9. The second-order valence-corrected chi connectivity index (χ2v) is 20.5. The van der Waals surface area contributed by atoms with Crippen molar-refractivity contribution in [2.75, 3.05) is 52.5 Å². The monoisotopic (exact) mass is 1040 g/mol. The normalized spacial score (nSPS) is 12.2. The van der Waals surface area contributed by atoms with E-state index in [4.69, 9.17) is 18.9 Å². The van der Waals surface area contributed by atoms with Crippen molar-refractivity contribution in [3.05, 3.63) is 48.6 Å². The number of esters is 2. The third-order valence-corrected chi connectivity index (χ3v) is 13.8. The number of unbranched alkanes of at least 4 members (excludes halogenated alkanes) is 25. The highest BCUT2D eigenvalue weighted by Crippen LogP contribution is 2.18. The summed E-state index contributed by atoms with van der Waals surface area (Å²) in [7, 11) is 0. The first-order valence-corrected chi connectivity index (χ1v) is 31.1. The standard InChI is InChI=1S/C64H116N2O8/c1-6-11-14-17-20-23-26-28-30-32-34-37-40-43-46-50-62(68)71-58-55-66(56-59-72-63(69)51-47-44-41-38-35-33-31-29-27-24-21-18-15-12-7-2)61(67)53-52-60(49-45-42-39-36-25-22-19-16-13-8-3)74-64(70)73-57-48-54-65(9-4)10-5/h20-21,23-24,28-31,60H,6-19,22,25-27,32-59H2,1-5H3/b23-20-,24-21-,30-28-,31-29-. The Balaban J connectivity index is 5.15. The van der Waals surface area contributed by atoms with Gasteiger partial charge in [-0.1, -0.05) is 205 Å². The minimum absolute atomic E-state index is 0.0725. The van der Waals surface area contributed by atoms with Crippen LogP contribution in [0.25, 0.3) is 0 Å². The molecule has 74 heavy (non-hydrogen) atoms. The van der Waals surface area contributed by atoms with E-state index < -0.39 is 12.3 Å². The van der Waals surface area contributed by atoms with E-state index in [-0.39, 0.29) is 57.2 Å². The molecule has 0 aromatic carbocycles. The van der Waals surface area contributed by atoms with Gasteiger partial charge in [0.2, 0.25) is 5.91 Å². The summed E-state index contributed by atoms with van der Waals surface area (Å²) < 4.78 is 22.6. The van der Waals surface area contributed by atoms with Crippen molar-refractivity contribution in [3.8, 4) is 0 Å². The lowest BCUT2D eigenvalue weighted by atomic mass is 10.0. The van der Waals surface area contributed by atoms with Crippen molar-refractivity contribution >= 4 is 24.0 Å². The van der Waals surface area contributed by atoms with Crippen LogP contribution >= 0.6 is 0 Å². The molecule has 430 valence electrons. The van der Waals surface area contributed by atoms with Crippen LogP contribution in [-0.4, -0.2) is 92.4 Å². The summed E-state index contributed by atoms with van der Waals surface area (Å²) >= 11 is 0. The van der Waals surface area contributed by atoms with Gasteiger partial charge in [0.25, 0.3) is 0 Å². The summed E-state index contributed by atoms with van der Waals surface area (Å²) in [5.41, 5.74) is 0. The van der Waals surface area contributed by atoms with Gasteiger partial charge in [-0.2, -0.15) is 0 Å². The number of ether oxygens (including phenoxy) is 4. The average molecular weight is 1040 g/mol. The van der Waals surface area contributed by atoms with E-state index in [1.54, 1.807) is 4.90 Å². The average Bonchev–Trinajstić information content (AvgIpc) is 3.40. The first kappa shape index (κ1) is 70.6. The zero-order valence-corrected chi connectivity index (χ0v) is 48.9. The van der Waals surface area contributed by atoms with Gasteiger partial charge in [-0.05, 0) is 116 Å². The van der Waals surface area contributed by atoms with Gasteiger partial charge < -0.3 is 28.7 Å². The first-order chi connectivity index (χ1) is 36.3. The zero-order chi connectivity index (χ0) is 54.1. The molecule has 0 rings (SSSR count). The van der Waals surface area contributed by atoms with Crippen LogP contribution in [0, 0.1) is 0 Å². The fraction of sp³-hybridized carbons (Fsp3) is 0.812. The lowest BCUT2D eigenvalue weighted by Crippen LogP contribution is -2.38. The van der Waals surface area contributed by atoms with Crippen LogP contribution in [0.3, 0.4) is 0 Å². The molecule has 10 nitrogen and oxygen atoms in total. The van der Waals surface area contributed by atoms with Crippen molar-refractivity contribution in [2.24, 2.45) is 0 Å². The number of carbonyl (C=O) groups excluding carboxylic acids is 4. The predicted molar refractivity (Wildman–Crippen MR) is 312 cm³/mol. The molecule has 0 spiro atoms. The van der Waals surface area contributed by atoms with Gasteiger partial charge in [0.1, 0.15) is 19.3 Å². The van der Waals surface area contributed by atoms with E-state index >= 15 is 0 Å². The second kappa shape index (κ2) is 57.3. The molecule has 1 unspecified atom stereocenters. The van der Waals surface area contributed by atoms with Gasteiger partial charge >= 0.3 is 18.1 Å². The van der Waals surface area contributed by atoms with Crippen LogP contribution in [0.5, 0.6) is 0 Å². The van der Waals surface area contributed by atoms with E-state index in [1.807, 2.05) is 0 Å². The summed E-state index contributed by atoms with van der Waals surface area (Å²) in [6.45, 7) is 14.6. The summed E-state index contributed by atoms with van der Waals surface area (Å²) in [5, 5.41) is 0. The van der Waals surface area contributed by atoms with Crippen LogP contribution in [0.4, 0.5) is 4.79 Å². The van der Waals surface area contributed by atoms with E-state index in [2.05, 4.69) is 88.1 Å². The first-order valence-electron chi connectivity index (χ1n) is 31.1. The SMILES string of the molecule is CCCCC/C=C\C/C=C\CCCCCCCC(=O)OCCN(CCOC(=O)CCCCCCC/C=C\C/C=C\CCCCC)C(=O)CCC(CCCCCCCCCCCC)OC(=O)OCCCN(CC)CC. The van der Waals surface area contributed by atoms with E-state index in [0.717, 1.165) is 135 Å². The van der Waals surface area contributed by atoms with Gasteiger partial charge in [0.05, 0.1) is 19.7 Å². The van der Waals surface area contributed by atoms with Crippen molar-refractivity contribution < 1.29 is 38.1 Å². The molecule has 0 aromatic heterocycles. The van der Waals surface area contributed by atoms with Crippen LogP contribution in [0.2, 0.25) is 0 Å². The Morgan fingerprint density at radius 1 is 0.378 bits per heavy atom. The quantitative estimate of drug-likeness (QED) is 0.0254. The predicted octanol–water partition coefficient (Wildman–Crippen LogP) is 17.9. The Kier molecular flexibility index (Phi) is 54.7. The molecule has 0 aliphatic carbocycles. The van der Waals surface area contributed by atoms with Crippen LogP contribution in [0.15, 0.2) is 48.6 Å². The minimum Gasteiger partial charge on any atom is -0.464 e. The molecule has 1 atom stereocenters. The number of allylic oxidation sites excluding steroid dienone is 8. The highest BCUT2D eigenvalue weighted by molar-refractivity contribution is 5.76. The Morgan fingerprint density at radius 2 is 0.770 bits per heavy atom. The highest BCUT2D eigenvalue weighted by atomic mass is 16.7. The molecule has 0 aliphatic rings. The summed E-state index contributed by atoms with van der Waals surface area (Å²) in [4.78, 5) is 56.2. The number of nitrogens with zero attached hydrogens (tertiary/aromatic N) is 2. The van der Waals surface area contributed by atoms with Gasteiger partial charge in [-0.15, -0.1) is 0 Å². The summed E-state index contributed by atoms with van der Waals surface area (Å²) in [6, 6.07) is 0. The van der Waals surface area contributed by atoms with Gasteiger partial charge in [0, 0.05) is 25.8 Å². The summed E-state index contributed by atoms with van der Waals surface area (Å²) in [6.07, 6.45) is 56.3. The number of carbonyl (C=O) groups is 4. The van der Waals surface area contributed by atoms with Gasteiger partial charge in [-0.3, -0.25) is 14.4 Å². The molecule has 1 amide bonds. The van der Waals surface area contributed by atoms with Crippen LogP contribution < -0.4 is 0 Å². The number of hydrogen-bond acceptors (Lipinski definition) is 9. The van der Waals surface area contributed by atoms with E-state index in [0.29, 0.717) is 25.7 Å². The Labute approximate surface area is 456 Å². The number of amides is 1. The largest absolute Gasteiger partial charge is 0.508 e. The molecular formula is C64H116N2O8. The van der Waals surface area contributed by atoms with Crippen LogP contribution in [-0.2, 0) is 33.3 Å². The molecule has 0 saturated carbocycles. The third-order valence-electron chi connectivity index (χ3n) is 13.8. The minimum atomic E-state index is -0.682. The molecule has 0 aliphatic heterocycles. The fourth-order valence-corrected chi connectivity index (χ4v) is 8.92. The van der Waals surface area contributed by atoms with E-state index in [9.17, 15) is 19.2 Å². The molecule has 0 saturated heterocycles. The Hall–Kier alpha value is -3.40. The molecule has 0 fully saturated rings. The zero-order valence-electron chi connectivity index (χ0n) is 48.9. The molecule has 10 heteroatoms. The summed E-state index contributed by atoms with van der Waals surface area (Å²) in [5.74, 6) is -0.663. The molecule has 0 radical (unpaired) electrons. The molecule has 0 heterocycles. The number of rotatable bonds is 55. The maximum absolute atomic E-state index is 13.9. The molecular weight excluding hydrogens is 925 g/mol. The highest BCUT2D eigenvalue weighted by Gasteiger charge is 2.21. The molecule has 0 aromatic rings. The molecule has 0 bridgehead atoms. The fourth-order valence-electron chi connectivity index (χ4n) is 8.92. The van der Waals surface area contributed by atoms with E-state index in [1.165, 1.54) is 96.3 Å². The molecule has 0 N–H and O–H groups in total. The topological polar surface area (TPSA) is 112 Å². The van der Waals surface area contributed by atoms with Crippen LogP contribution in [0.1, 0.15) is 279 Å². The smallest absolute Gasteiger partial charge is 0.464 e.